The number of hydrogen-bond acceptors (Lipinski definition) is 2. The van der Waals surface area contributed by atoms with Crippen molar-refractivity contribution in [1.29, 1.82) is 0 Å². The van der Waals surface area contributed by atoms with Gasteiger partial charge in [0.1, 0.15) is 0 Å². The standard InChI is InChI=1S/C12H20ClNO2/c1-3-12(11(15)16)5-4-6-14(9-12)8-10(2)7-13/h7H,3-6,8-9H2,1-2H3,(H,15,16). The van der Waals surface area contributed by atoms with E-state index in [0.29, 0.717) is 13.0 Å². The average molecular weight is 246 g/mol. The molecule has 1 rings (SSSR count). The highest BCUT2D eigenvalue weighted by Crippen LogP contribution is 2.33. The molecule has 0 aromatic rings. The summed E-state index contributed by atoms with van der Waals surface area (Å²) in [6.45, 7) is 6.31. The van der Waals surface area contributed by atoms with Crippen LogP contribution in [-0.2, 0) is 4.79 Å². The maximum absolute atomic E-state index is 11.3. The second-order valence-electron chi connectivity index (χ2n) is 4.71. The minimum atomic E-state index is -0.660. The van der Waals surface area contributed by atoms with Gasteiger partial charge in [-0.3, -0.25) is 9.69 Å². The SMILES string of the molecule is CCC1(C(=O)O)CCCN(CC(C)=CCl)C1. The summed E-state index contributed by atoms with van der Waals surface area (Å²) in [5.41, 5.74) is 2.10. The molecule has 0 aliphatic carbocycles. The molecular weight excluding hydrogens is 226 g/mol. The zero-order valence-electron chi connectivity index (χ0n) is 10.0. The van der Waals surface area contributed by atoms with Crippen molar-refractivity contribution in [2.75, 3.05) is 19.6 Å². The zero-order chi connectivity index (χ0) is 12.2. The molecule has 1 heterocycles. The predicted octanol–water partition coefficient (Wildman–Crippen LogP) is 2.71. The van der Waals surface area contributed by atoms with Crippen LogP contribution in [0, 0.1) is 5.41 Å². The van der Waals surface area contributed by atoms with E-state index in [9.17, 15) is 9.90 Å². The Hall–Kier alpha value is -0.540. The summed E-state index contributed by atoms with van der Waals surface area (Å²) < 4.78 is 0. The van der Waals surface area contributed by atoms with Crippen LogP contribution in [-0.4, -0.2) is 35.6 Å². The molecule has 92 valence electrons. The summed E-state index contributed by atoms with van der Waals surface area (Å²) in [4.78, 5) is 13.5. The van der Waals surface area contributed by atoms with Crippen molar-refractivity contribution in [2.24, 2.45) is 5.41 Å². The first-order valence-electron chi connectivity index (χ1n) is 5.75. The predicted molar refractivity (Wildman–Crippen MR) is 65.6 cm³/mol. The lowest BCUT2D eigenvalue weighted by Crippen LogP contribution is -2.47. The number of likely N-dealkylation sites (tertiary alicyclic amines) is 1. The first kappa shape index (κ1) is 13.5. The number of piperidine rings is 1. The molecule has 3 nitrogen and oxygen atoms in total. The maximum Gasteiger partial charge on any atom is 0.310 e. The summed E-state index contributed by atoms with van der Waals surface area (Å²) >= 11 is 5.63. The van der Waals surface area contributed by atoms with Crippen molar-refractivity contribution < 1.29 is 9.90 Å². The molecule has 0 aromatic heterocycles. The van der Waals surface area contributed by atoms with E-state index in [0.717, 1.165) is 31.5 Å². The van der Waals surface area contributed by atoms with Crippen LogP contribution in [0.5, 0.6) is 0 Å². The van der Waals surface area contributed by atoms with Gasteiger partial charge < -0.3 is 5.11 Å². The molecule has 1 atom stereocenters. The Morgan fingerprint density at radius 3 is 2.81 bits per heavy atom. The van der Waals surface area contributed by atoms with Crippen molar-refractivity contribution >= 4 is 17.6 Å². The molecule has 1 aliphatic heterocycles. The van der Waals surface area contributed by atoms with Crippen LogP contribution in [0.3, 0.4) is 0 Å². The number of carboxylic acids is 1. The molecule has 1 fully saturated rings. The van der Waals surface area contributed by atoms with Crippen molar-refractivity contribution in [1.82, 2.24) is 4.90 Å². The molecule has 0 spiro atoms. The van der Waals surface area contributed by atoms with Gasteiger partial charge in [0.25, 0.3) is 0 Å². The molecule has 16 heavy (non-hydrogen) atoms. The van der Waals surface area contributed by atoms with Gasteiger partial charge in [-0.15, -0.1) is 0 Å². The van der Waals surface area contributed by atoms with Gasteiger partial charge in [-0.25, -0.2) is 0 Å². The van der Waals surface area contributed by atoms with E-state index in [4.69, 9.17) is 11.6 Å². The molecule has 0 saturated carbocycles. The minimum Gasteiger partial charge on any atom is -0.481 e. The molecule has 0 bridgehead atoms. The molecule has 1 aliphatic rings. The van der Waals surface area contributed by atoms with Gasteiger partial charge >= 0.3 is 5.97 Å². The van der Waals surface area contributed by atoms with E-state index in [-0.39, 0.29) is 0 Å². The van der Waals surface area contributed by atoms with Crippen molar-refractivity contribution in [3.05, 3.63) is 11.1 Å². The van der Waals surface area contributed by atoms with Crippen molar-refractivity contribution in [3.63, 3.8) is 0 Å². The minimum absolute atomic E-state index is 0.551. The van der Waals surface area contributed by atoms with Gasteiger partial charge in [-0.1, -0.05) is 18.5 Å². The fourth-order valence-corrected chi connectivity index (χ4v) is 2.43. The van der Waals surface area contributed by atoms with Crippen LogP contribution in [0.25, 0.3) is 0 Å². The first-order chi connectivity index (χ1) is 7.54. The monoisotopic (exact) mass is 245 g/mol. The summed E-state index contributed by atoms with van der Waals surface area (Å²) in [6.07, 6.45) is 2.44. The highest BCUT2D eigenvalue weighted by Gasteiger charge is 2.40. The molecule has 0 aromatic carbocycles. The second-order valence-corrected chi connectivity index (χ2v) is 4.93. The van der Waals surface area contributed by atoms with E-state index in [1.165, 1.54) is 0 Å². The van der Waals surface area contributed by atoms with Crippen molar-refractivity contribution in [3.8, 4) is 0 Å². The van der Waals surface area contributed by atoms with Gasteiger partial charge in [0.15, 0.2) is 0 Å². The lowest BCUT2D eigenvalue weighted by Gasteiger charge is -2.39. The Balaban J connectivity index is 2.68. The van der Waals surface area contributed by atoms with Gasteiger partial charge in [-0.2, -0.15) is 0 Å². The highest BCUT2D eigenvalue weighted by atomic mass is 35.5. The van der Waals surface area contributed by atoms with Crippen LogP contribution in [0.1, 0.15) is 33.1 Å². The molecule has 1 N–H and O–H groups in total. The quantitative estimate of drug-likeness (QED) is 0.828. The van der Waals surface area contributed by atoms with E-state index in [1.807, 2.05) is 13.8 Å². The smallest absolute Gasteiger partial charge is 0.310 e. The maximum atomic E-state index is 11.3. The number of carboxylic acid groups (broad SMARTS) is 1. The number of nitrogens with zero attached hydrogens (tertiary/aromatic N) is 1. The Kier molecular flexibility index (Phi) is 4.81. The lowest BCUT2D eigenvalue weighted by atomic mass is 9.77. The van der Waals surface area contributed by atoms with Crippen LogP contribution in [0.15, 0.2) is 11.1 Å². The molecule has 0 radical (unpaired) electrons. The highest BCUT2D eigenvalue weighted by molar-refractivity contribution is 6.25. The van der Waals surface area contributed by atoms with E-state index in [2.05, 4.69) is 4.90 Å². The summed E-state index contributed by atoms with van der Waals surface area (Å²) in [6, 6.07) is 0. The summed E-state index contributed by atoms with van der Waals surface area (Å²) in [5, 5.41) is 9.33. The number of hydrogen-bond donors (Lipinski definition) is 1. The third-order valence-electron chi connectivity index (χ3n) is 3.45. The Morgan fingerprint density at radius 1 is 1.62 bits per heavy atom. The Labute approximate surface area is 102 Å². The van der Waals surface area contributed by atoms with Crippen LogP contribution >= 0.6 is 11.6 Å². The van der Waals surface area contributed by atoms with Gasteiger partial charge in [0.2, 0.25) is 0 Å². The number of halogens is 1. The van der Waals surface area contributed by atoms with E-state index in [1.54, 1.807) is 5.54 Å². The molecule has 1 unspecified atom stereocenters. The van der Waals surface area contributed by atoms with Gasteiger partial charge in [-0.05, 0) is 38.3 Å². The van der Waals surface area contributed by atoms with Crippen LogP contribution in [0.4, 0.5) is 0 Å². The fraction of sp³-hybridized carbons (Fsp3) is 0.750. The molecule has 1 saturated heterocycles. The Bertz CT molecular complexity index is 291. The molecule has 4 heteroatoms. The van der Waals surface area contributed by atoms with E-state index < -0.39 is 11.4 Å². The fourth-order valence-electron chi connectivity index (χ4n) is 2.36. The van der Waals surface area contributed by atoms with Crippen LogP contribution < -0.4 is 0 Å². The summed E-state index contributed by atoms with van der Waals surface area (Å²) in [7, 11) is 0. The largest absolute Gasteiger partial charge is 0.481 e. The van der Waals surface area contributed by atoms with Crippen molar-refractivity contribution in [2.45, 2.75) is 33.1 Å². The molecule has 0 amide bonds. The van der Waals surface area contributed by atoms with Crippen LogP contribution in [0.2, 0.25) is 0 Å². The molecular formula is C12H20ClNO2. The number of carbonyl (C=O) groups is 1. The van der Waals surface area contributed by atoms with Gasteiger partial charge in [0, 0.05) is 18.6 Å². The normalized spacial score (nSPS) is 28.1. The zero-order valence-corrected chi connectivity index (χ0v) is 10.8. The van der Waals surface area contributed by atoms with E-state index >= 15 is 0 Å². The number of rotatable bonds is 4. The first-order valence-corrected chi connectivity index (χ1v) is 6.19. The summed E-state index contributed by atoms with van der Waals surface area (Å²) in [5.74, 6) is -0.660. The van der Waals surface area contributed by atoms with Gasteiger partial charge in [0.05, 0.1) is 5.41 Å². The number of aliphatic carboxylic acids is 1. The average Bonchev–Trinajstić information content (AvgIpc) is 2.28. The lowest BCUT2D eigenvalue weighted by molar-refractivity contribution is -0.152. The third kappa shape index (κ3) is 2.98. The second kappa shape index (κ2) is 5.69. The third-order valence-corrected chi connectivity index (χ3v) is 3.82. The topological polar surface area (TPSA) is 40.5 Å². The Morgan fingerprint density at radius 2 is 2.31 bits per heavy atom.